The smallest absolute Gasteiger partial charge is 0.270 e. The van der Waals surface area contributed by atoms with Crippen LogP contribution in [0.3, 0.4) is 0 Å². The first-order chi connectivity index (χ1) is 9.63. The van der Waals surface area contributed by atoms with Gasteiger partial charge in [-0.2, -0.15) is 0 Å². The molecule has 0 fully saturated rings. The van der Waals surface area contributed by atoms with Crippen LogP contribution < -0.4 is 0 Å². The van der Waals surface area contributed by atoms with Gasteiger partial charge in [-0.1, -0.05) is 18.2 Å². The number of fused-ring (bicyclic) bond motifs is 1. The second-order valence-corrected chi connectivity index (χ2v) is 7.18. The Balaban J connectivity index is 1.80. The highest BCUT2D eigenvalue weighted by atomic mass is 79.9. The molecule has 2 heterocycles. The molecule has 0 aliphatic carbocycles. The molecule has 0 saturated carbocycles. The Kier molecular flexibility index (Phi) is 3.63. The summed E-state index contributed by atoms with van der Waals surface area (Å²) >= 11 is 5.08. The van der Waals surface area contributed by atoms with Crippen LogP contribution in [0.25, 0.3) is 10.9 Å². The molecule has 1 N–H and O–H groups in total. The van der Waals surface area contributed by atoms with Crippen LogP contribution in [0.2, 0.25) is 0 Å². The van der Waals surface area contributed by atoms with Crippen molar-refractivity contribution in [3.8, 4) is 0 Å². The van der Waals surface area contributed by atoms with Gasteiger partial charge in [-0.3, -0.25) is 4.79 Å². The Morgan fingerprint density at radius 2 is 2.10 bits per heavy atom. The van der Waals surface area contributed by atoms with Crippen molar-refractivity contribution < 1.29 is 4.79 Å². The van der Waals surface area contributed by atoms with E-state index in [9.17, 15) is 4.79 Å². The predicted octanol–water partition coefficient (Wildman–Crippen LogP) is 4.26. The quantitative estimate of drug-likeness (QED) is 0.753. The fourth-order valence-corrected chi connectivity index (χ4v) is 3.67. The summed E-state index contributed by atoms with van der Waals surface area (Å²) in [7, 11) is 1.82. The number of rotatable bonds is 3. The van der Waals surface area contributed by atoms with E-state index in [1.165, 1.54) is 0 Å². The first kappa shape index (κ1) is 13.4. The van der Waals surface area contributed by atoms with Crippen molar-refractivity contribution in [2.24, 2.45) is 0 Å². The minimum absolute atomic E-state index is 0.00530. The summed E-state index contributed by atoms with van der Waals surface area (Å²) in [5.74, 6) is 0.00530. The minimum Gasteiger partial charge on any atom is -0.351 e. The molecule has 3 nitrogen and oxygen atoms in total. The first-order valence-corrected chi connectivity index (χ1v) is 7.82. The zero-order chi connectivity index (χ0) is 14.1. The second kappa shape index (κ2) is 5.42. The molecule has 0 spiro atoms. The molecule has 0 aliphatic heterocycles. The number of aromatic amines is 1. The van der Waals surface area contributed by atoms with Crippen LogP contribution >= 0.6 is 27.3 Å². The number of hydrogen-bond donors (Lipinski definition) is 1. The van der Waals surface area contributed by atoms with Gasteiger partial charge >= 0.3 is 0 Å². The lowest BCUT2D eigenvalue weighted by Crippen LogP contribution is -2.26. The number of para-hydroxylation sites is 1. The monoisotopic (exact) mass is 348 g/mol. The lowest BCUT2D eigenvalue weighted by molar-refractivity contribution is 0.0781. The molecule has 102 valence electrons. The summed E-state index contributed by atoms with van der Waals surface area (Å²) in [5, 5.41) is 1.06. The first-order valence-electron chi connectivity index (χ1n) is 6.21. The van der Waals surface area contributed by atoms with E-state index in [0.29, 0.717) is 12.2 Å². The molecule has 2 aromatic heterocycles. The highest BCUT2D eigenvalue weighted by Crippen LogP contribution is 2.23. The van der Waals surface area contributed by atoms with Crippen molar-refractivity contribution in [1.82, 2.24) is 9.88 Å². The van der Waals surface area contributed by atoms with E-state index in [4.69, 9.17) is 0 Å². The Bertz CT molecular complexity index is 729. The van der Waals surface area contributed by atoms with E-state index < -0.39 is 0 Å². The van der Waals surface area contributed by atoms with Crippen LogP contribution in [-0.2, 0) is 6.54 Å². The van der Waals surface area contributed by atoms with Crippen LogP contribution in [0, 0.1) is 0 Å². The van der Waals surface area contributed by atoms with Gasteiger partial charge in [0.05, 0.1) is 10.3 Å². The highest BCUT2D eigenvalue weighted by Gasteiger charge is 2.15. The summed E-state index contributed by atoms with van der Waals surface area (Å²) in [6.45, 7) is 0.616. The Hall–Kier alpha value is -1.59. The maximum absolute atomic E-state index is 12.4. The van der Waals surface area contributed by atoms with Gasteiger partial charge in [0.25, 0.3) is 5.91 Å². The third-order valence-corrected chi connectivity index (χ3v) is 4.74. The summed E-state index contributed by atoms with van der Waals surface area (Å²) in [4.78, 5) is 18.5. The number of nitrogens with zero attached hydrogens (tertiary/aromatic N) is 1. The number of nitrogens with one attached hydrogen (secondary N) is 1. The van der Waals surface area contributed by atoms with Crippen molar-refractivity contribution in [1.29, 1.82) is 0 Å². The molecule has 1 aromatic carbocycles. The molecular weight excluding hydrogens is 336 g/mol. The molecular formula is C15H13BrN2OS. The van der Waals surface area contributed by atoms with Crippen LogP contribution in [-0.4, -0.2) is 22.8 Å². The van der Waals surface area contributed by atoms with E-state index in [2.05, 4.69) is 20.9 Å². The fourth-order valence-electron chi connectivity index (χ4n) is 2.14. The molecule has 20 heavy (non-hydrogen) atoms. The van der Waals surface area contributed by atoms with Gasteiger partial charge in [0.15, 0.2) is 0 Å². The highest BCUT2D eigenvalue weighted by molar-refractivity contribution is 9.11. The van der Waals surface area contributed by atoms with Gasteiger partial charge < -0.3 is 9.88 Å². The zero-order valence-corrected chi connectivity index (χ0v) is 13.3. The number of carbonyl (C=O) groups is 1. The summed E-state index contributed by atoms with van der Waals surface area (Å²) < 4.78 is 1.08. The number of amides is 1. The normalized spacial score (nSPS) is 10.9. The number of H-pyrrole nitrogens is 1. The average molecular weight is 349 g/mol. The Morgan fingerprint density at radius 1 is 1.30 bits per heavy atom. The van der Waals surface area contributed by atoms with E-state index in [0.717, 1.165) is 19.6 Å². The molecule has 0 unspecified atom stereocenters. The van der Waals surface area contributed by atoms with Gasteiger partial charge in [0.2, 0.25) is 0 Å². The predicted molar refractivity (Wildman–Crippen MR) is 86.1 cm³/mol. The Morgan fingerprint density at radius 3 is 2.80 bits per heavy atom. The van der Waals surface area contributed by atoms with Crippen LogP contribution in [0.4, 0.5) is 0 Å². The van der Waals surface area contributed by atoms with Crippen molar-refractivity contribution in [2.75, 3.05) is 7.05 Å². The molecule has 5 heteroatoms. The largest absolute Gasteiger partial charge is 0.351 e. The van der Waals surface area contributed by atoms with Crippen molar-refractivity contribution in [2.45, 2.75) is 6.54 Å². The average Bonchev–Trinajstić information content (AvgIpc) is 3.03. The van der Waals surface area contributed by atoms with Crippen molar-refractivity contribution in [3.05, 3.63) is 56.8 Å². The van der Waals surface area contributed by atoms with Gasteiger partial charge in [-0.25, -0.2) is 0 Å². The number of carbonyl (C=O) groups excluding carboxylic acids is 1. The minimum atomic E-state index is 0.00530. The van der Waals surface area contributed by atoms with Crippen molar-refractivity contribution >= 4 is 44.1 Å². The van der Waals surface area contributed by atoms with Gasteiger partial charge in [-0.05, 0) is 40.2 Å². The van der Waals surface area contributed by atoms with Gasteiger partial charge in [0, 0.05) is 22.8 Å². The SMILES string of the molecule is CN(Cc1ccc(Br)s1)C(=O)c1cc2ccccc2[nH]1. The molecule has 0 aliphatic rings. The Labute approximate surface area is 129 Å². The summed E-state index contributed by atoms with van der Waals surface area (Å²) in [6, 6.07) is 13.8. The van der Waals surface area contributed by atoms with E-state index in [1.807, 2.05) is 49.5 Å². The second-order valence-electron chi connectivity index (χ2n) is 4.64. The number of thiophene rings is 1. The van der Waals surface area contributed by atoms with Gasteiger partial charge in [-0.15, -0.1) is 11.3 Å². The zero-order valence-electron chi connectivity index (χ0n) is 10.9. The molecule has 3 aromatic rings. The lowest BCUT2D eigenvalue weighted by atomic mass is 10.2. The maximum atomic E-state index is 12.4. The molecule has 0 bridgehead atoms. The number of hydrogen-bond acceptors (Lipinski definition) is 2. The lowest BCUT2D eigenvalue weighted by Gasteiger charge is -2.15. The maximum Gasteiger partial charge on any atom is 0.270 e. The topological polar surface area (TPSA) is 36.1 Å². The summed E-state index contributed by atoms with van der Waals surface area (Å²) in [6.07, 6.45) is 0. The van der Waals surface area contributed by atoms with E-state index >= 15 is 0 Å². The molecule has 1 amide bonds. The number of benzene rings is 1. The van der Waals surface area contributed by atoms with E-state index in [1.54, 1.807) is 16.2 Å². The van der Waals surface area contributed by atoms with Crippen LogP contribution in [0.5, 0.6) is 0 Å². The number of halogens is 1. The number of aromatic nitrogens is 1. The molecule has 0 radical (unpaired) electrons. The molecule has 0 saturated heterocycles. The fraction of sp³-hybridized carbons (Fsp3) is 0.133. The third kappa shape index (κ3) is 2.64. The standard InChI is InChI=1S/C15H13BrN2OS/c1-18(9-11-6-7-14(16)20-11)15(19)13-8-10-4-2-3-5-12(10)17-13/h2-8,17H,9H2,1H3. The van der Waals surface area contributed by atoms with E-state index in [-0.39, 0.29) is 5.91 Å². The molecule has 0 atom stereocenters. The van der Waals surface area contributed by atoms with Crippen molar-refractivity contribution in [3.63, 3.8) is 0 Å². The molecule has 3 rings (SSSR count). The third-order valence-electron chi connectivity index (χ3n) is 3.13. The van der Waals surface area contributed by atoms with Gasteiger partial charge in [0.1, 0.15) is 5.69 Å². The van der Waals surface area contributed by atoms with Crippen LogP contribution in [0.15, 0.2) is 46.3 Å². The summed E-state index contributed by atoms with van der Waals surface area (Å²) in [5.41, 5.74) is 1.62. The van der Waals surface area contributed by atoms with Crippen LogP contribution in [0.1, 0.15) is 15.4 Å².